The third kappa shape index (κ3) is 3.44. The van der Waals surface area contributed by atoms with Gasteiger partial charge in [0.15, 0.2) is 6.04 Å². The highest BCUT2D eigenvalue weighted by Gasteiger charge is 2.19. The Bertz CT molecular complexity index is 202. The summed E-state index contributed by atoms with van der Waals surface area (Å²) in [5.74, 6) is -0.230. The van der Waals surface area contributed by atoms with E-state index < -0.39 is 12.0 Å². The quantitative estimate of drug-likeness (QED) is 0.506. The molecule has 0 bridgehead atoms. The molecule has 0 heterocycles. The molecule has 14 heavy (non-hydrogen) atoms. The van der Waals surface area contributed by atoms with Crippen LogP contribution >= 0.6 is 0 Å². The molecule has 0 aromatic rings. The van der Waals surface area contributed by atoms with E-state index in [1.54, 1.807) is 0 Å². The summed E-state index contributed by atoms with van der Waals surface area (Å²) in [4.78, 5) is 20.5. The van der Waals surface area contributed by atoms with Crippen molar-refractivity contribution in [2.24, 2.45) is 11.1 Å². The summed E-state index contributed by atoms with van der Waals surface area (Å²) in [6, 6.07) is -1.03. The molecule has 1 unspecified atom stereocenters. The Balaban J connectivity index is 2.00. The van der Waals surface area contributed by atoms with Crippen molar-refractivity contribution >= 4 is 5.97 Å². The van der Waals surface area contributed by atoms with E-state index in [1.165, 1.54) is 25.7 Å². The normalized spacial score (nSPS) is 18.6. The highest BCUT2D eigenvalue weighted by Crippen LogP contribution is 2.31. The van der Waals surface area contributed by atoms with Crippen LogP contribution in [0.3, 0.4) is 0 Å². The second kappa shape index (κ2) is 5.73. The fourth-order valence-electron chi connectivity index (χ4n) is 1.77. The molecule has 4 heteroatoms. The fourth-order valence-corrected chi connectivity index (χ4v) is 1.77. The van der Waals surface area contributed by atoms with Crippen LogP contribution in [0.4, 0.5) is 0 Å². The number of hydrogen-bond donors (Lipinski definition) is 1. The van der Waals surface area contributed by atoms with Crippen LogP contribution in [0.1, 0.15) is 44.9 Å². The molecule has 4 nitrogen and oxygen atoms in total. The molecule has 1 aliphatic carbocycles. The van der Waals surface area contributed by atoms with Crippen LogP contribution in [-0.4, -0.2) is 17.1 Å². The van der Waals surface area contributed by atoms with E-state index in [2.05, 4.69) is 5.18 Å². The van der Waals surface area contributed by atoms with Crippen molar-refractivity contribution in [3.63, 3.8) is 0 Å². The topological polar surface area (TPSA) is 66.7 Å². The standard InChI is InChI=1S/C10H17NO3/c12-10(13)9(11-14)7-2-1-4-8-5-3-6-8/h8-9H,1-7H2,(H,12,13). The van der Waals surface area contributed by atoms with E-state index in [0.29, 0.717) is 6.42 Å². The number of aliphatic carboxylic acids is 1. The second-order valence-corrected chi connectivity index (χ2v) is 4.04. The van der Waals surface area contributed by atoms with Crippen LogP contribution in [-0.2, 0) is 4.79 Å². The number of carboxylic acid groups (broad SMARTS) is 1. The van der Waals surface area contributed by atoms with Gasteiger partial charge in [-0.2, -0.15) is 0 Å². The summed E-state index contributed by atoms with van der Waals surface area (Å²) in [7, 11) is 0. The number of unbranched alkanes of at least 4 members (excludes halogenated alkanes) is 1. The van der Waals surface area contributed by atoms with Gasteiger partial charge in [-0.3, -0.25) is 0 Å². The Morgan fingerprint density at radius 3 is 2.57 bits per heavy atom. The van der Waals surface area contributed by atoms with Crippen molar-refractivity contribution in [1.82, 2.24) is 0 Å². The van der Waals surface area contributed by atoms with Crippen LogP contribution in [0.2, 0.25) is 0 Å². The third-order valence-electron chi connectivity index (χ3n) is 2.98. The van der Waals surface area contributed by atoms with Gasteiger partial charge in [-0.05, 0) is 12.3 Å². The van der Waals surface area contributed by atoms with Crippen molar-refractivity contribution in [2.75, 3.05) is 0 Å². The van der Waals surface area contributed by atoms with Crippen LogP contribution in [0, 0.1) is 10.8 Å². The zero-order chi connectivity index (χ0) is 10.4. The van der Waals surface area contributed by atoms with Gasteiger partial charge < -0.3 is 5.11 Å². The van der Waals surface area contributed by atoms with Crippen LogP contribution < -0.4 is 0 Å². The highest BCUT2D eigenvalue weighted by atomic mass is 16.4. The maximum atomic E-state index is 10.4. The minimum atomic E-state index is -1.09. The summed E-state index contributed by atoms with van der Waals surface area (Å²) in [6.07, 6.45) is 7.42. The van der Waals surface area contributed by atoms with Crippen molar-refractivity contribution < 1.29 is 9.90 Å². The smallest absolute Gasteiger partial charge is 0.332 e. The molecule has 0 aromatic heterocycles. The molecule has 1 atom stereocenters. The second-order valence-electron chi connectivity index (χ2n) is 4.04. The molecule has 0 saturated heterocycles. The Morgan fingerprint density at radius 1 is 1.43 bits per heavy atom. The number of carbonyl (C=O) groups is 1. The summed E-state index contributed by atoms with van der Waals surface area (Å²) >= 11 is 0. The minimum Gasteiger partial charge on any atom is -0.480 e. The average molecular weight is 199 g/mol. The maximum absolute atomic E-state index is 10.4. The van der Waals surface area contributed by atoms with Crippen molar-refractivity contribution in [3.05, 3.63) is 4.91 Å². The number of nitrogens with zero attached hydrogens (tertiary/aromatic N) is 1. The third-order valence-corrected chi connectivity index (χ3v) is 2.98. The minimum absolute atomic E-state index is 0.394. The molecular formula is C10H17NO3. The predicted octanol–water partition coefficient (Wildman–Crippen LogP) is 2.57. The molecule has 0 amide bonds. The Labute approximate surface area is 83.7 Å². The molecule has 80 valence electrons. The molecule has 1 rings (SSSR count). The number of nitroso groups, excluding NO2 is 1. The number of hydrogen-bond acceptors (Lipinski definition) is 3. The van der Waals surface area contributed by atoms with Crippen LogP contribution in [0.5, 0.6) is 0 Å². The van der Waals surface area contributed by atoms with Gasteiger partial charge in [0.25, 0.3) is 0 Å². The Kier molecular flexibility index (Phi) is 4.56. The molecule has 1 N–H and O–H groups in total. The molecule has 0 aromatic carbocycles. The largest absolute Gasteiger partial charge is 0.480 e. The molecule has 1 fully saturated rings. The van der Waals surface area contributed by atoms with Crippen molar-refractivity contribution in [1.29, 1.82) is 0 Å². The monoisotopic (exact) mass is 199 g/mol. The van der Waals surface area contributed by atoms with Gasteiger partial charge in [0.2, 0.25) is 0 Å². The zero-order valence-electron chi connectivity index (χ0n) is 8.32. The van der Waals surface area contributed by atoms with Gasteiger partial charge in [-0.25, -0.2) is 4.79 Å². The van der Waals surface area contributed by atoms with Crippen LogP contribution in [0.15, 0.2) is 5.18 Å². The lowest BCUT2D eigenvalue weighted by Crippen LogP contribution is -2.17. The van der Waals surface area contributed by atoms with E-state index in [-0.39, 0.29) is 0 Å². The Morgan fingerprint density at radius 2 is 2.14 bits per heavy atom. The molecule has 1 aliphatic rings. The lowest BCUT2D eigenvalue weighted by Gasteiger charge is -2.24. The van der Waals surface area contributed by atoms with E-state index >= 15 is 0 Å². The SMILES string of the molecule is O=NC(CCCCC1CCC1)C(=O)O. The number of rotatable bonds is 7. The first kappa shape index (κ1) is 11.1. The maximum Gasteiger partial charge on any atom is 0.332 e. The van der Waals surface area contributed by atoms with Gasteiger partial charge in [0.05, 0.1) is 0 Å². The zero-order valence-corrected chi connectivity index (χ0v) is 8.32. The highest BCUT2D eigenvalue weighted by molar-refractivity contribution is 5.73. The summed E-state index contributed by atoms with van der Waals surface area (Å²) < 4.78 is 0. The molecular weight excluding hydrogens is 182 g/mol. The van der Waals surface area contributed by atoms with E-state index in [0.717, 1.165) is 18.8 Å². The average Bonchev–Trinajstić information content (AvgIpc) is 2.07. The van der Waals surface area contributed by atoms with E-state index in [1.807, 2.05) is 0 Å². The van der Waals surface area contributed by atoms with Gasteiger partial charge in [-0.1, -0.05) is 43.7 Å². The molecule has 0 aliphatic heterocycles. The first-order chi connectivity index (χ1) is 6.74. The van der Waals surface area contributed by atoms with E-state index in [9.17, 15) is 9.70 Å². The summed E-state index contributed by atoms with van der Waals surface area (Å²) in [6.45, 7) is 0. The first-order valence-corrected chi connectivity index (χ1v) is 5.29. The summed E-state index contributed by atoms with van der Waals surface area (Å²) in [5, 5.41) is 11.1. The molecule has 0 spiro atoms. The van der Waals surface area contributed by atoms with Gasteiger partial charge in [0.1, 0.15) is 0 Å². The first-order valence-electron chi connectivity index (χ1n) is 5.29. The van der Waals surface area contributed by atoms with Crippen molar-refractivity contribution in [3.8, 4) is 0 Å². The lowest BCUT2D eigenvalue weighted by atomic mass is 9.81. The van der Waals surface area contributed by atoms with Gasteiger partial charge in [-0.15, -0.1) is 4.91 Å². The fraction of sp³-hybridized carbons (Fsp3) is 0.900. The van der Waals surface area contributed by atoms with Gasteiger partial charge >= 0.3 is 5.97 Å². The molecule has 0 radical (unpaired) electrons. The molecule has 1 saturated carbocycles. The van der Waals surface area contributed by atoms with Gasteiger partial charge in [0, 0.05) is 0 Å². The number of carboxylic acids is 1. The van der Waals surface area contributed by atoms with Crippen LogP contribution in [0.25, 0.3) is 0 Å². The predicted molar refractivity (Wildman–Crippen MR) is 53.0 cm³/mol. The lowest BCUT2D eigenvalue weighted by molar-refractivity contribution is -0.138. The Hall–Kier alpha value is -0.930. The summed E-state index contributed by atoms with van der Waals surface area (Å²) in [5.41, 5.74) is 0. The van der Waals surface area contributed by atoms with E-state index in [4.69, 9.17) is 5.11 Å². The van der Waals surface area contributed by atoms with Crippen molar-refractivity contribution in [2.45, 2.75) is 51.0 Å².